The van der Waals surface area contributed by atoms with Gasteiger partial charge in [-0.1, -0.05) is 6.92 Å². The number of carboxylic acids is 1. The van der Waals surface area contributed by atoms with Gasteiger partial charge < -0.3 is 19.3 Å². The van der Waals surface area contributed by atoms with E-state index < -0.39 is 23.2 Å². The van der Waals surface area contributed by atoms with Gasteiger partial charge in [0.15, 0.2) is 0 Å². The summed E-state index contributed by atoms with van der Waals surface area (Å²) in [4.78, 5) is 38.4. The topological polar surface area (TPSA) is 88.8 Å². The van der Waals surface area contributed by atoms with Crippen molar-refractivity contribution in [1.29, 1.82) is 0 Å². The largest absolute Gasteiger partial charge is 0.477 e. The average Bonchev–Trinajstić information content (AvgIpc) is 3.12. The van der Waals surface area contributed by atoms with Gasteiger partial charge in [-0.15, -0.1) is 11.8 Å². The van der Waals surface area contributed by atoms with E-state index in [-0.39, 0.29) is 12.2 Å². The highest BCUT2D eigenvalue weighted by Gasteiger charge is 2.56. The van der Waals surface area contributed by atoms with Crippen LogP contribution in [0.15, 0.2) is 34.0 Å². The van der Waals surface area contributed by atoms with Gasteiger partial charge in [0.05, 0.1) is 16.4 Å². The smallest absolute Gasteiger partial charge is 0.345 e. The summed E-state index contributed by atoms with van der Waals surface area (Å²) in [6.07, 6.45) is 1.46. The maximum absolute atomic E-state index is 13.4. The summed E-state index contributed by atoms with van der Waals surface area (Å²) in [5.74, 6) is -0.00269. The summed E-state index contributed by atoms with van der Waals surface area (Å²) in [6, 6.07) is 3.61. The number of ether oxygens (including phenoxy) is 1. The Kier molecular flexibility index (Phi) is 6.59. The highest BCUT2D eigenvalue weighted by atomic mass is 32.2. The number of hydrogen-bond acceptors (Lipinski definition) is 6. The number of carbonyl (C=O) groups is 2. The first-order valence-corrected chi connectivity index (χ1v) is 10.2. The lowest BCUT2D eigenvalue weighted by molar-refractivity contribution is -0.135. The van der Waals surface area contributed by atoms with Crippen LogP contribution in [0.25, 0.3) is 0 Å². The van der Waals surface area contributed by atoms with Gasteiger partial charge in [-0.3, -0.25) is 4.79 Å². The van der Waals surface area contributed by atoms with Crippen LogP contribution in [-0.2, 0) is 21.4 Å². The van der Waals surface area contributed by atoms with Crippen LogP contribution in [0.5, 0.6) is 0 Å². The molecule has 0 radical (unpaired) electrons. The number of nitrogens with zero attached hydrogens (tertiary/aromatic N) is 2. The van der Waals surface area contributed by atoms with Crippen molar-refractivity contribution >= 4 is 29.5 Å². The number of hydrogen-bond donors (Lipinski definition) is 1. The Morgan fingerprint density at radius 1 is 1.32 bits per heavy atom. The standard InChI is InChI=1S/C20H26N2O5S/c1-7-20(13(11-23)19(25)26)18(27-8-2)12(3)16(22(20)5)17(24)14-9-10-15(28-6)21(14)4/h9-10,18H,7-8H2,1-6H3,(H,25,26). The second kappa shape index (κ2) is 8.39. The molecule has 1 aromatic rings. The molecule has 0 saturated heterocycles. The zero-order valence-corrected chi connectivity index (χ0v) is 17.8. The first-order chi connectivity index (χ1) is 13.2. The van der Waals surface area contributed by atoms with Gasteiger partial charge in [-0.25, -0.2) is 9.59 Å². The number of aromatic nitrogens is 1. The van der Waals surface area contributed by atoms with E-state index in [2.05, 4.69) is 0 Å². The van der Waals surface area contributed by atoms with Gasteiger partial charge in [0, 0.05) is 20.7 Å². The molecule has 0 bridgehead atoms. The van der Waals surface area contributed by atoms with Gasteiger partial charge >= 0.3 is 5.97 Å². The van der Waals surface area contributed by atoms with E-state index in [4.69, 9.17) is 4.74 Å². The van der Waals surface area contributed by atoms with Gasteiger partial charge in [-0.2, -0.15) is 0 Å². The molecule has 1 aliphatic heterocycles. The van der Waals surface area contributed by atoms with Crippen LogP contribution in [0.3, 0.4) is 0 Å². The molecule has 8 heteroatoms. The van der Waals surface area contributed by atoms with Crippen molar-refractivity contribution < 1.29 is 24.2 Å². The van der Waals surface area contributed by atoms with Crippen LogP contribution in [0, 0.1) is 0 Å². The van der Waals surface area contributed by atoms with Crippen LogP contribution in [0.2, 0.25) is 0 Å². The van der Waals surface area contributed by atoms with Crippen molar-refractivity contribution in [2.24, 2.45) is 7.05 Å². The van der Waals surface area contributed by atoms with E-state index in [1.54, 1.807) is 49.3 Å². The second-order valence-electron chi connectivity index (χ2n) is 6.64. The Balaban J connectivity index is 2.68. The van der Waals surface area contributed by atoms with Crippen LogP contribution in [0.4, 0.5) is 0 Å². The molecule has 0 aliphatic carbocycles. The van der Waals surface area contributed by atoms with Crippen molar-refractivity contribution in [2.75, 3.05) is 19.9 Å². The van der Waals surface area contributed by atoms with Crippen LogP contribution in [-0.4, -0.2) is 63.8 Å². The number of rotatable bonds is 8. The summed E-state index contributed by atoms with van der Waals surface area (Å²) in [7, 11) is 3.45. The third kappa shape index (κ3) is 3.11. The maximum Gasteiger partial charge on any atom is 0.345 e. The lowest BCUT2D eigenvalue weighted by Crippen LogP contribution is -2.54. The molecule has 1 aliphatic rings. The van der Waals surface area contributed by atoms with Gasteiger partial charge in [0.2, 0.25) is 5.78 Å². The molecule has 2 rings (SSSR count). The predicted octanol–water partition coefficient (Wildman–Crippen LogP) is 2.55. The minimum atomic E-state index is -1.36. The molecule has 2 heterocycles. The molecule has 2 unspecified atom stereocenters. The van der Waals surface area contributed by atoms with Crippen molar-refractivity contribution in [3.05, 3.63) is 34.7 Å². The molecule has 0 saturated carbocycles. The molecule has 152 valence electrons. The van der Waals surface area contributed by atoms with Crippen molar-refractivity contribution in [2.45, 2.75) is 43.9 Å². The first-order valence-electron chi connectivity index (χ1n) is 9.02. The third-order valence-electron chi connectivity index (χ3n) is 5.49. The number of thioether (sulfide) groups is 1. The minimum absolute atomic E-state index is 0.238. The van der Waals surface area contributed by atoms with E-state index >= 15 is 0 Å². The number of carbonyl (C=O) groups excluding carboxylic acids is 2. The quantitative estimate of drug-likeness (QED) is 0.307. The Morgan fingerprint density at radius 3 is 2.39 bits per heavy atom. The van der Waals surface area contributed by atoms with Gasteiger partial charge in [0.25, 0.3) is 0 Å². The number of likely N-dealkylation sites (N-methyl/N-ethyl adjacent to an activating group) is 1. The fraction of sp³-hybridized carbons (Fsp3) is 0.500. The summed E-state index contributed by atoms with van der Waals surface area (Å²) in [6.45, 7) is 5.63. The highest BCUT2D eigenvalue weighted by Crippen LogP contribution is 2.45. The summed E-state index contributed by atoms with van der Waals surface area (Å²) in [5, 5.41) is 10.6. The molecule has 7 nitrogen and oxygen atoms in total. The molecule has 1 aromatic heterocycles. The monoisotopic (exact) mass is 406 g/mol. The van der Waals surface area contributed by atoms with E-state index in [0.29, 0.717) is 23.6 Å². The van der Waals surface area contributed by atoms with Crippen LogP contribution in [0.1, 0.15) is 37.7 Å². The van der Waals surface area contributed by atoms with E-state index in [1.165, 1.54) is 11.8 Å². The Labute approximate surface area is 169 Å². The van der Waals surface area contributed by atoms with E-state index in [0.717, 1.165) is 5.03 Å². The highest BCUT2D eigenvalue weighted by molar-refractivity contribution is 7.98. The number of carboxylic acid groups (broad SMARTS) is 1. The van der Waals surface area contributed by atoms with Gasteiger partial charge in [0.1, 0.15) is 23.2 Å². The van der Waals surface area contributed by atoms with E-state index in [1.807, 2.05) is 19.4 Å². The summed E-state index contributed by atoms with van der Waals surface area (Å²) < 4.78 is 7.67. The molecule has 0 spiro atoms. The fourth-order valence-electron chi connectivity index (χ4n) is 4.15. The van der Waals surface area contributed by atoms with Crippen molar-refractivity contribution in [1.82, 2.24) is 9.47 Å². The average molecular weight is 407 g/mol. The second-order valence-corrected chi connectivity index (χ2v) is 7.46. The van der Waals surface area contributed by atoms with E-state index in [9.17, 15) is 19.5 Å². The predicted molar refractivity (Wildman–Crippen MR) is 107 cm³/mol. The van der Waals surface area contributed by atoms with Crippen LogP contribution >= 0.6 is 11.8 Å². The fourth-order valence-corrected chi connectivity index (χ4v) is 4.72. The molecule has 0 aromatic carbocycles. The number of aliphatic carboxylic acids is 1. The molecular formula is C20H26N2O5S. The molecule has 28 heavy (non-hydrogen) atoms. The Hall–Kier alpha value is -2.28. The Morgan fingerprint density at radius 2 is 1.96 bits per heavy atom. The number of Topliss-reactive ketones (excluding diaryl/α,β-unsaturated/α-hetero) is 1. The van der Waals surface area contributed by atoms with Crippen molar-refractivity contribution in [3.63, 3.8) is 0 Å². The summed E-state index contributed by atoms with van der Waals surface area (Å²) in [5.41, 5.74) is -0.290. The normalized spacial score (nSPS) is 21.8. The zero-order valence-electron chi connectivity index (χ0n) is 17.0. The SMILES string of the molecule is CCOC1C(C)=C(C(=O)c2ccc(SC)n2C)N(C)C1(CC)C(=C=O)C(=O)O. The van der Waals surface area contributed by atoms with Gasteiger partial charge in [-0.05, 0) is 44.2 Å². The molecule has 1 N–H and O–H groups in total. The zero-order chi connectivity index (χ0) is 21.2. The molecule has 0 amide bonds. The lowest BCUT2D eigenvalue weighted by Gasteiger charge is -2.41. The van der Waals surface area contributed by atoms with Crippen molar-refractivity contribution in [3.8, 4) is 0 Å². The molecular weight excluding hydrogens is 380 g/mol. The lowest BCUT2D eigenvalue weighted by atomic mass is 9.81. The summed E-state index contributed by atoms with van der Waals surface area (Å²) >= 11 is 1.53. The number of ketones is 1. The maximum atomic E-state index is 13.4. The van der Waals surface area contributed by atoms with Crippen LogP contribution < -0.4 is 0 Å². The minimum Gasteiger partial charge on any atom is -0.477 e. The first kappa shape index (κ1) is 22.0. The molecule has 0 fully saturated rings. The molecule has 2 atom stereocenters. The number of allylic oxidation sites excluding steroid dienone is 1. The third-order valence-corrected chi connectivity index (χ3v) is 6.32. The Bertz CT molecular complexity index is 881.